The molecule has 0 aliphatic rings. The van der Waals surface area contributed by atoms with Crippen molar-refractivity contribution >= 4 is 31.9 Å². The van der Waals surface area contributed by atoms with Gasteiger partial charge in [0.25, 0.3) is 11.5 Å². The van der Waals surface area contributed by atoms with Crippen molar-refractivity contribution in [3.05, 3.63) is 103 Å². The minimum Gasteiger partial charge on any atom is -0.347 e. The number of nitrogens with zero attached hydrogens (tertiary/aromatic N) is 3. The quantitative estimate of drug-likeness (QED) is 0.420. The molecule has 12 heteroatoms. The van der Waals surface area contributed by atoms with Gasteiger partial charge in [-0.15, -0.1) is 11.3 Å². The van der Waals surface area contributed by atoms with Crippen molar-refractivity contribution in [2.75, 3.05) is 6.26 Å². The molecule has 1 amide bonds. The Balaban J connectivity index is 1.76. The molecule has 0 aliphatic heterocycles. The molecular formula is C23H17FN4O5S2. The molecule has 0 saturated carbocycles. The fourth-order valence-electron chi connectivity index (χ4n) is 3.38. The van der Waals surface area contributed by atoms with Crippen molar-refractivity contribution in [2.45, 2.75) is 18.0 Å². The third kappa shape index (κ3) is 4.91. The van der Waals surface area contributed by atoms with E-state index in [4.69, 9.17) is 5.26 Å². The molecule has 35 heavy (non-hydrogen) atoms. The van der Waals surface area contributed by atoms with Gasteiger partial charge < -0.3 is 5.32 Å². The number of sulfone groups is 1. The summed E-state index contributed by atoms with van der Waals surface area (Å²) in [5.41, 5.74) is -0.274. The van der Waals surface area contributed by atoms with Gasteiger partial charge in [-0.05, 0) is 35.4 Å². The Labute approximate surface area is 202 Å². The van der Waals surface area contributed by atoms with Gasteiger partial charge in [-0.25, -0.2) is 17.6 Å². The molecule has 0 atom stereocenters. The molecule has 0 spiro atoms. The van der Waals surface area contributed by atoms with Crippen LogP contribution in [0, 0.1) is 17.1 Å². The highest BCUT2D eigenvalue weighted by molar-refractivity contribution is 7.91. The second-order valence-corrected chi connectivity index (χ2v) is 10.6. The van der Waals surface area contributed by atoms with Gasteiger partial charge in [-0.2, -0.15) is 5.26 Å². The van der Waals surface area contributed by atoms with Crippen LogP contribution in [0.5, 0.6) is 0 Å². The van der Waals surface area contributed by atoms with Crippen molar-refractivity contribution < 1.29 is 17.6 Å². The monoisotopic (exact) mass is 512 g/mol. The van der Waals surface area contributed by atoms with E-state index in [2.05, 4.69) is 5.32 Å². The summed E-state index contributed by atoms with van der Waals surface area (Å²) in [5, 5.41) is 11.6. The normalized spacial score (nSPS) is 11.3. The molecule has 9 nitrogen and oxygen atoms in total. The Morgan fingerprint density at radius 3 is 2.31 bits per heavy atom. The third-order valence-corrected chi connectivity index (χ3v) is 7.47. The highest BCUT2D eigenvalue weighted by Gasteiger charge is 2.25. The van der Waals surface area contributed by atoms with E-state index in [-0.39, 0.29) is 22.8 Å². The van der Waals surface area contributed by atoms with Gasteiger partial charge in [-0.3, -0.25) is 18.6 Å². The van der Waals surface area contributed by atoms with Crippen molar-refractivity contribution in [3.63, 3.8) is 0 Å². The lowest BCUT2D eigenvalue weighted by Gasteiger charge is -2.09. The number of fused-ring (bicyclic) bond motifs is 1. The van der Waals surface area contributed by atoms with Gasteiger partial charge in [0.2, 0.25) is 0 Å². The van der Waals surface area contributed by atoms with Crippen molar-refractivity contribution in [1.29, 1.82) is 5.26 Å². The summed E-state index contributed by atoms with van der Waals surface area (Å²) in [4.78, 5) is 38.2. The van der Waals surface area contributed by atoms with E-state index < -0.39 is 37.7 Å². The van der Waals surface area contributed by atoms with Crippen LogP contribution in [-0.4, -0.2) is 29.5 Å². The zero-order valence-electron chi connectivity index (χ0n) is 18.2. The maximum absolute atomic E-state index is 13.1. The molecule has 0 aliphatic carbocycles. The molecule has 4 rings (SSSR count). The molecule has 0 unspecified atom stereocenters. The van der Waals surface area contributed by atoms with Crippen LogP contribution in [0.2, 0.25) is 0 Å². The molecule has 2 aromatic heterocycles. The number of carbonyl (C=O) groups is 1. The number of aromatic nitrogens is 2. The maximum Gasteiger partial charge on any atom is 0.336 e. The van der Waals surface area contributed by atoms with Gasteiger partial charge in [0.1, 0.15) is 15.5 Å². The predicted molar refractivity (Wildman–Crippen MR) is 127 cm³/mol. The number of nitrogens with one attached hydrogen (secondary N) is 1. The fraction of sp³-hybridized carbons (Fsp3) is 0.130. The van der Waals surface area contributed by atoms with Gasteiger partial charge in [0.05, 0.1) is 18.2 Å². The SMILES string of the molecule is CS(=O)(=O)c1c(=O)n(Cc2ccc(C#N)cc2)c(=O)n2cc(C(=O)NCc3ccc(F)cc3)sc12. The molecule has 2 heterocycles. The van der Waals surface area contributed by atoms with Crippen LogP contribution in [0.4, 0.5) is 4.39 Å². The minimum atomic E-state index is -4.07. The zero-order chi connectivity index (χ0) is 25.3. The summed E-state index contributed by atoms with van der Waals surface area (Å²) in [6.45, 7) is -0.149. The summed E-state index contributed by atoms with van der Waals surface area (Å²) in [5.74, 6) is -1.01. The molecule has 0 saturated heterocycles. The number of hydrogen-bond acceptors (Lipinski definition) is 7. The first-order chi connectivity index (χ1) is 16.6. The second kappa shape index (κ2) is 9.28. The van der Waals surface area contributed by atoms with Gasteiger partial charge in [0.15, 0.2) is 14.7 Å². The number of rotatable bonds is 6. The van der Waals surface area contributed by atoms with E-state index >= 15 is 0 Å². The van der Waals surface area contributed by atoms with Crippen LogP contribution in [0.3, 0.4) is 0 Å². The number of carbonyl (C=O) groups excluding carboxylic acids is 1. The molecule has 1 N–H and O–H groups in total. The van der Waals surface area contributed by atoms with Crippen molar-refractivity contribution in [1.82, 2.24) is 14.3 Å². The first-order valence-electron chi connectivity index (χ1n) is 10.1. The lowest BCUT2D eigenvalue weighted by Crippen LogP contribution is -2.40. The first kappa shape index (κ1) is 24.1. The molecule has 2 aromatic carbocycles. The van der Waals surface area contributed by atoms with Crippen LogP contribution in [0.25, 0.3) is 4.83 Å². The van der Waals surface area contributed by atoms with E-state index in [0.717, 1.165) is 15.2 Å². The number of hydrogen-bond donors (Lipinski definition) is 1. The van der Waals surface area contributed by atoms with Crippen LogP contribution >= 0.6 is 11.3 Å². The fourth-order valence-corrected chi connectivity index (χ4v) is 5.75. The number of thiazole rings is 1. The molecular weight excluding hydrogens is 495 g/mol. The van der Waals surface area contributed by atoms with Crippen LogP contribution in [0.15, 0.2) is 69.2 Å². The summed E-state index contributed by atoms with van der Waals surface area (Å²) >= 11 is 0.707. The maximum atomic E-state index is 13.1. The number of amides is 1. The van der Waals surface area contributed by atoms with E-state index in [1.54, 1.807) is 12.1 Å². The number of nitriles is 1. The average molecular weight is 513 g/mol. The molecule has 0 bridgehead atoms. The van der Waals surface area contributed by atoms with Gasteiger partial charge in [-0.1, -0.05) is 24.3 Å². The van der Waals surface area contributed by atoms with Crippen molar-refractivity contribution in [2.24, 2.45) is 0 Å². The second-order valence-electron chi connectivity index (χ2n) is 7.66. The van der Waals surface area contributed by atoms with Crippen molar-refractivity contribution in [3.8, 4) is 6.07 Å². The Kier molecular flexibility index (Phi) is 6.38. The molecule has 0 fully saturated rings. The van der Waals surface area contributed by atoms with Gasteiger partial charge >= 0.3 is 5.69 Å². The number of halogens is 1. The Morgan fingerprint density at radius 1 is 1.09 bits per heavy atom. The molecule has 4 aromatic rings. The zero-order valence-corrected chi connectivity index (χ0v) is 19.8. The summed E-state index contributed by atoms with van der Waals surface area (Å²) in [6, 6.07) is 13.6. The summed E-state index contributed by atoms with van der Waals surface area (Å²) < 4.78 is 39.8. The van der Waals surface area contributed by atoms with E-state index in [1.165, 1.54) is 42.6 Å². The summed E-state index contributed by atoms with van der Waals surface area (Å²) in [6.07, 6.45) is 2.04. The lowest BCUT2D eigenvalue weighted by atomic mass is 10.1. The standard InChI is InChI=1S/C23H17FN4O5S2/c1-35(32,33)19-21(30)27(12-16-4-2-14(10-25)3-5-16)23(31)28-13-18(34-22(19)28)20(29)26-11-15-6-8-17(24)9-7-15/h2-9,13H,11-12H2,1H3,(H,26,29). The van der Waals surface area contributed by atoms with E-state index in [9.17, 15) is 27.2 Å². The Hall–Kier alpha value is -4.08. The summed E-state index contributed by atoms with van der Waals surface area (Å²) in [7, 11) is -4.07. The average Bonchev–Trinajstić information content (AvgIpc) is 3.26. The lowest BCUT2D eigenvalue weighted by molar-refractivity contribution is 0.0954. The van der Waals surface area contributed by atoms with Crippen LogP contribution < -0.4 is 16.6 Å². The van der Waals surface area contributed by atoms with E-state index in [0.29, 0.717) is 28.0 Å². The largest absolute Gasteiger partial charge is 0.347 e. The topological polar surface area (TPSA) is 131 Å². The van der Waals surface area contributed by atoms with Gasteiger partial charge in [0, 0.05) is 19.0 Å². The van der Waals surface area contributed by atoms with E-state index in [1.807, 2.05) is 6.07 Å². The van der Waals surface area contributed by atoms with Crippen LogP contribution in [0.1, 0.15) is 26.4 Å². The Morgan fingerprint density at radius 2 is 1.71 bits per heavy atom. The molecule has 178 valence electrons. The first-order valence-corrected chi connectivity index (χ1v) is 12.8. The smallest absolute Gasteiger partial charge is 0.336 e. The predicted octanol–water partition coefficient (Wildman–Crippen LogP) is 1.92. The van der Waals surface area contributed by atoms with Crippen LogP contribution in [-0.2, 0) is 22.9 Å². The third-order valence-electron chi connectivity index (χ3n) is 5.13. The molecule has 0 radical (unpaired) electrons. The number of benzene rings is 2. The minimum absolute atomic E-state index is 0.0182. The highest BCUT2D eigenvalue weighted by atomic mass is 32.2. The highest BCUT2D eigenvalue weighted by Crippen LogP contribution is 2.22. The Bertz CT molecular complexity index is 1710.